The second-order valence-corrected chi connectivity index (χ2v) is 2.58. The minimum absolute atomic E-state index is 0. The van der Waals surface area contributed by atoms with Gasteiger partial charge in [-0.05, 0) is 5.92 Å². The van der Waals surface area contributed by atoms with Crippen LogP contribution in [0.1, 0.15) is 20.3 Å². The fourth-order valence-electron chi connectivity index (χ4n) is 0.468. The Balaban J connectivity index is 0. The lowest BCUT2D eigenvalue weighted by atomic mass is 10.0. The van der Waals surface area contributed by atoms with Crippen LogP contribution < -0.4 is 11.5 Å². The van der Waals surface area contributed by atoms with Crippen molar-refractivity contribution in [2.45, 2.75) is 26.3 Å². The monoisotopic (exact) mass is 166 g/mol. The highest BCUT2D eigenvalue weighted by molar-refractivity contribution is 5.85. The zero-order valence-corrected chi connectivity index (χ0v) is 7.15. The number of halogens is 1. The van der Waals surface area contributed by atoms with Gasteiger partial charge in [0.25, 0.3) is 0 Å². The van der Waals surface area contributed by atoms with Gasteiger partial charge in [0.15, 0.2) is 0 Å². The molecule has 3 nitrogen and oxygen atoms in total. The van der Waals surface area contributed by atoms with Gasteiger partial charge in [0.1, 0.15) is 0 Å². The number of nitrogens with two attached hydrogens (primary N) is 2. The zero-order chi connectivity index (χ0) is 7.44. The molecule has 0 rings (SSSR count). The van der Waals surface area contributed by atoms with Gasteiger partial charge in [0.2, 0.25) is 5.91 Å². The third kappa shape index (κ3) is 5.85. The van der Waals surface area contributed by atoms with E-state index in [1.807, 2.05) is 13.8 Å². The molecule has 0 saturated carbocycles. The Morgan fingerprint density at radius 3 is 2.00 bits per heavy atom. The maximum Gasteiger partial charge on any atom is 0.218 e. The fraction of sp³-hybridized carbons (Fsp3) is 0.833. The van der Waals surface area contributed by atoms with Crippen molar-refractivity contribution < 1.29 is 4.79 Å². The molecular formula is C6H15ClN2O. The van der Waals surface area contributed by atoms with Crippen molar-refractivity contribution in [2.24, 2.45) is 17.4 Å². The molecule has 1 amide bonds. The van der Waals surface area contributed by atoms with Gasteiger partial charge in [-0.1, -0.05) is 13.8 Å². The first kappa shape index (κ1) is 12.4. The Kier molecular flexibility index (Phi) is 6.82. The molecule has 0 aliphatic heterocycles. The first-order valence-corrected chi connectivity index (χ1v) is 3.08. The minimum atomic E-state index is -0.323. The average molecular weight is 167 g/mol. The molecule has 0 unspecified atom stereocenters. The van der Waals surface area contributed by atoms with Crippen LogP contribution in [0, 0.1) is 5.92 Å². The number of amides is 1. The fourth-order valence-corrected chi connectivity index (χ4v) is 0.468. The van der Waals surface area contributed by atoms with Crippen LogP contribution in [0.5, 0.6) is 0 Å². The first-order chi connectivity index (χ1) is 4.04. The van der Waals surface area contributed by atoms with E-state index in [1.165, 1.54) is 0 Å². The molecule has 0 aromatic rings. The predicted molar refractivity (Wildman–Crippen MR) is 43.9 cm³/mol. The van der Waals surface area contributed by atoms with E-state index in [4.69, 9.17) is 11.5 Å². The lowest BCUT2D eigenvalue weighted by Crippen LogP contribution is -2.31. The van der Waals surface area contributed by atoms with Crippen molar-refractivity contribution in [1.82, 2.24) is 0 Å². The second-order valence-electron chi connectivity index (χ2n) is 2.58. The molecule has 0 bridgehead atoms. The Morgan fingerprint density at radius 2 is 1.90 bits per heavy atom. The maximum absolute atomic E-state index is 10.3. The van der Waals surface area contributed by atoms with E-state index in [-0.39, 0.29) is 30.8 Å². The van der Waals surface area contributed by atoms with E-state index in [2.05, 4.69) is 0 Å². The molecule has 0 heterocycles. The summed E-state index contributed by atoms with van der Waals surface area (Å²) in [6.07, 6.45) is 0.289. The third-order valence-corrected chi connectivity index (χ3v) is 1.29. The summed E-state index contributed by atoms with van der Waals surface area (Å²) < 4.78 is 0. The molecule has 0 spiro atoms. The standard InChI is InChI=1S/C6H14N2O.ClH/c1-4(2)5(7)3-6(8)9;/h4-5H,3,7H2,1-2H3,(H2,8,9);1H/t5-;/m1./s1. The molecule has 0 aliphatic carbocycles. The number of hydrogen-bond acceptors (Lipinski definition) is 2. The van der Waals surface area contributed by atoms with E-state index in [9.17, 15) is 4.79 Å². The molecule has 4 heteroatoms. The molecule has 0 radical (unpaired) electrons. The predicted octanol–water partition coefficient (Wildman–Crippen LogP) is 0.267. The lowest BCUT2D eigenvalue weighted by molar-refractivity contribution is -0.118. The van der Waals surface area contributed by atoms with Crippen LogP contribution in [0.2, 0.25) is 0 Å². The first-order valence-electron chi connectivity index (χ1n) is 3.08. The van der Waals surface area contributed by atoms with Crippen molar-refractivity contribution in [3.63, 3.8) is 0 Å². The summed E-state index contributed by atoms with van der Waals surface area (Å²) in [5.74, 6) is 0.00806. The summed E-state index contributed by atoms with van der Waals surface area (Å²) >= 11 is 0. The molecule has 1 atom stereocenters. The van der Waals surface area contributed by atoms with Crippen LogP contribution in [0.3, 0.4) is 0 Å². The molecule has 62 valence electrons. The van der Waals surface area contributed by atoms with Gasteiger partial charge in [0.05, 0.1) is 0 Å². The summed E-state index contributed by atoms with van der Waals surface area (Å²) in [6, 6.07) is -0.0810. The van der Waals surface area contributed by atoms with Crippen LogP contribution in [0.4, 0.5) is 0 Å². The van der Waals surface area contributed by atoms with Gasteiger partial charge >= 0.3 is 0 Å². The van der Waals surface area contributed by atoms with Gasteiger partial charge in [-0.15, -0.1) is 12.4 Å². The molecule has 0 aliphatic rings. The van der Waals surface area contributed by atoms with Gasteiger partial charge < -0.3 is 11.5 Å². The van der Waals surface area contributed by atoms with E-state index >= 15 is 0 Å². The quantitative estimate of drug-likeness (QED) is 0.632. The molecular weight excluding hydrogens is 152 g/mol. The van der Waals surface area contributed by atoms with Gasteiger partial charge in [-0.2, -0.15) is 0 Å². The highest BCUT2D eigenvalue weighted by atomic mass is 35.5. The largest absolute Gasteiger partial charge is 0.370 e. The molecule has 0 saturated heterocycles. The lowest BCUT2D eigenvalue weighted by Gasteiger charge is -2.12. The third-order valence-electron chi connectivity index (χ3n) is 1.29. The van der Waals surface area contributed by atoms with E-state index < -0.39 is 0 Å². The highest BCUT2D eigenvalue weighted by Gasteiger charge is 2.09. The second kappa shape index (κ2) is 5.50. The molecule has 0 aromatic carbocycles. The van der Waals surface area contributed by atoms with Crippen molar-refractivity contribution in [3.8, 4) is 0 Å². The van der Waals surface area contributed by atoms with Gasteiger partial charge in [0, 0.05) is 12.5 Å². The summed E-state index contributed by atoms with van der Waals surface area (Å²) in [5.41, 5.74) is 10.4. The number of carbonyl (C=O) groups is 1. The van der Waals surface area contributed by atoms with Crippen molar-refractivity contribution in [1.29, 1.82) is 0 Å². The van der Waals surface area contributed by atoms with Crippen molar-refractivity contribution >= 4 is 18.3 Å². The molecule has 4 N–H and O–H groups in total. The van der Waals surface area contributed by atoms with Crippen molar-refractivity contribution in [3.05, 3.63) is 0 Å². The Labute approximate surface area is 67.6 Å². The van der Waals surface area contributed by atoms with Crippen LogP contribution in [-0.2, 0) is 4.79 Å². The molecule has 10 heavy (non-hydrogen) atoms. The Morgan fingerprint density at radius 1 is 1.50 bits per heavy atom. The summed E-state index contributed by atoms with van der Waals surface area (Å²) in [6.45, 7) is 3.93. The zero-order valence-electron chi connectivity index (χ0n) is 6.33. The summed E-state index contributed by atoms with van der Waals surface area (Å²) in [7, 11) is 0. The minimum Gasteiger partial charge on any atom is -0.370 e. The highest BCUT2D eigenvalue weighted by Crippen LogP contribution is 2.00. The number of hydrogen-bond donors (Lipinski definition) is 2. The topological polar surface area (TPSA) is 69.1 Å². The van der Waals surface area contributed by atoms with Crippen molar-refractivity contribution in [2.75, 3.05) is 0 Å². The van der Waals surface area contributed by atoms with E-state index in [0.29, 0.717) is 5.92 Å². The normalized spacial score (nSPS) is 12.4. The molecule has 0 aromatic heterocycles. The van der Waals surface area contributed by atoms with Gasteiger partial charge in [-0.3, -0.25) is 4.79 Å². The SMILES string of the molecule is CC(C)[C@H](N)CC(N)=O.Cl. The van der Waals surface area contributed by atoms with Crippen LogP contribution in [0.15, 0.2) is 0 Å². The summed E-state index contributed by atoms with van der Waals surface area (Å²) in [4.78, 5) is 10.3. The van der Waals surface area contributed by atoms with Crippen LogP contribution in [-0.4, -0.2) is 11.9 Å². The smallest absolute Gasteiger partial charge is 0.218 e. The van der Waals surface area contributed by atoms with Crippen LogP contribution in [0.25, 0.3) is 0 Å². The van der Waals surface area contributed by atoms with E-state index in [1.54, 1.807) is 0 Å². The Bertz CT molecular complexity index is 106. The van der Waals surface area contributed by atoms with Crippen LogP contribution >= 0.6 is 12.4 Å². The summed E-state index contributed by atoms with van der Waals surface area (Å²) in [5, 5.41) is 0. The van der Waals surface area contributed by atoms with E-state index in [0.717, 1.165) is 0 Å². The molecule has 0 fully saturated rings. The number of carbonyl (C=O) groups excluding carboxylic acids is 1. The number of rotatable bonds is 3. The average Bonchev–Trinajstić information content (AvgIpc) is 1.63. The maximum atomic E-state index is 10.3. The van der Waals surface area contributed by atoms with Gasteiger partial charge in [-0.25, -0.2) is 0 Å². The number of primary amides is 1. The Hall–Kier alpha value is -0.280.